The van der Waals surface area contributed by atoms with Gasteiger partial charge in [0, 0.05) is 11.3 Å². The third-order valence-corrected chi connectivity index (χ3v) is 2.61. The summed E-state index contributed by atoms with van der Waals surface area (Å²) in [5.41, 5.74) is 17.6. The topological polar surface area (TPSA) is 137 Å². The Bertz CT molecular complexity index is 667. The molecular formula is C13H13N5O2. The summed E-state index contributed by atoms with van der Waals surface area (Å²) >= 11 is 0. The van der Waals surface area contributed by atoms with Gasteiger partial charge in [-0.25, -0.2) is 4.98 Å². The lowest BCUT2D eigenvalue weighted by Crippen LogP contribution is -2.14. The number of amides is 2. The Kier molecular flexibility index (Phi) is 3.52. The van der Waals surface area contributed by atoms with Crippen LogP contribution in [0.2, 0.25) is 0 Å². The number of nitrogens with two attached hydrogens (primary N) is 3. The Morgan fingerprint density at radius 2 is 1.60 bits per heavy atom. The second kappa shape index (κ2) is 5.27. The van der Waals surface area contributed by atoms with Crippen LogP contribution in [0.5, 0.6) is 0 Å². The summed E-state index contributed by atoms with van der Waals surface area (Å²) in [7, 11) is 0. The molecule has 0 fully saturated rings. The molecule has 0 saturated carbocycles. The number of aromatic nitrogens is 1. The summed E-state index contributed by atoms with van der Waals surface area (Å²) in [5, 5.41) is 2.94. The van der Waals surface area contributed by atoms with Crippen molar-refractivity contribution in [1.29, 1.82) is 0 Å². The highest BCUT2D eigenvalue weighted by atomic mass is 16.1. The highest BCUT2D eigenvalue weighted by Crippen LogP contribution is 2.21. The summed E-state index contributed by atoms with van der Waals surface area (Å²) in [6.45, 7) is 0. The number of carbonyl (C=O) groups excluding carboxylic acids is 2. The van der Waals surface area contributed by atoms with E-state index in [1.165, 1.54) is 12.1 Å². The van der Waals surface area contributed by atoms with E-state index in [1.54, 1.807) is 24.3 Å². The quantitative estimate of drug-likeness (QED) is 0.645. The Morgan fingerprint density at radius 3 is 2.15 bits per heavy atom. The molecule has 0 aliphatic carbocycles. The third-order valence-electron chi connectivity index (χ3n) is 2.61. The molecule has 1 heterocycles. The molecule has 0 bridgehead atoms. The van der Waals surface area contributed by atoms with Gasteiger partial charge in [-0.05, 0) is 36.4 Å². The van der Waals surface area contributed by atoms with Gasteiger partial charge in [-0.1, -0.05) is 0 Å². The average Bonchev–Trinajstić information content (AvgIpc) is 2.41. The second-order valence-electron chi connectivity index (χ2n) is 4.07. The van der Waals surface area contributed by atoms with Crippen LogP contribution in [-0.2, 0) is 0 Å². The molecule has 7 N–H and O–H groups in total. The van der Waals surface area contributed by atoms with Crippen molar-refractivity contribution in [3.05, 3.63) is 47.7 Å². The summed E-state index contributed by atoms with van der Waals surface area (Å²) in [4.78, 5) is 26.1. The molecule has 2 aromatic rings. The van der Waals surface area contributed by atoms with E-state index in [0.717, 1.165) is 0 Å². The zero-order chi connectivity index (χ0) is 14.7. The smallest absolute Gasteiger partial charge is 0.267 e. The zero-order valence-corrected chi connectivity index (χ0v) is 10.5. The largest absolute Gasteiger partial charge is 0.396 e. The number of carbonyl (C=O) groups is 2. The first kappa shape index (κ1) is 13.3. The van der Waals surface area contributed by atoms with Crippen LogP contribution in [0.1, 0.15) is 20.8 Å². The minimum absolute atomic E-state index is 0.107. The molecule has 102 valence electrons. The number of nitrogen functional groups attached to an aromatic ring is 1. The molecule has 0 aliphatic heterocycles. The molecule has 1 aromatic heterocycles. The molecule has 1 aromatic carbocycles. The van der Waals surface area contributed by atoms with Crippen molar-refractivity contribution in [3.8, 4) is 0 Å². The first-order valence-electron chi connectivity index (χ1n) is 5.70. The SMILES string of the molecule is NC(=O)c1ccc(Nc2nc(C(N)=O)ccc2N)cc1. The van der Waals surface area contributed by atoms with Gasteiger partial charge in [-0.2, -0.15) is 0 Å². The molecular weight excluding hydrogens is 258 g/mol. The molecule has 20 heavy (non-hydrogen) atoms. The zero-order valence-electron chi connectivity index (χ0n) is 10.5. The van der Waals surface area contributed by atoms with Gasteiger partial charge in [0.1, 0.15) is 5.69 Å². The van der Waals surface area contributed by atoms with Crippen molar-refractivity contribution in [2.45, 2.75) is 0 Å². The molecule has 2 amide bonds. The lowest BCUT2D eigenvalue weighted by molar-refractivity contribution is 0.0989. The maximum atomic E-state index is 11.1. The predicted molar refractivity (Wildman–Crippen MR) is 75.4 cm³/mol. The highest BCUT2D eigenvalue weighted by Gasteiger charge is 2.08. The second-order valence-corrected chi connectivity index (χ2v) is 4.07. The van der Waals surface area contributed by atoms with Crippen molar-refractivity contribution < 1.29 is 9.59 Å². The van der Waals surface area contributed by atoms with E-state index in [-0.39, 0.29) is 5.69 Å². The van der Waals surface area contributed by atoms with Crippen LogP contribution in [0.3, 0.4) is 0 Å². The van der Waals surface area contributed by atoms with Crippen molar-refractivity contribution in [2.24, 2.45) is 11.5 Å². The molecule has 0 spiro atoms. The Hall–Kier alpha value is -3.09. The highest BCUT2D eigenvalue weighted by molar-refractivity contribution is 5.93. The molecule has 0 radical (unpaired) electrons. The van der Waals surface area contributed by atoms with Crippen LogP contribution in [0.25, 0.3) is 0 Å². The minimum Gasteiger partial charge on any atom is -0.396 e. The van der Waals surface area contributed by atoms with Crippen LogP contribution in [0.15, 0.2) is 36.4 Å². The Balaban J connectivity index is 2.27. The summed E-state index contributed by atoms with van der Waals surface area (Å²) in [6, 6.07) is 9.42. The van der Waals surface area contributed by atoms with E-state index in [1.807, 2.05) is 0 Å². The lowest BCUT2D eigenvalue weighted by Gasteiger charge is -2.09. The van der Waals surface area contributed by atoms with Crippen LogP contribution < -0.4 is 22.5 Å². The van der Waals surface area contributed by atoms with Crippen LogP contribution in [0.4, 0.5) is 17.2 Å². The monoisotopic (exact) mass is 271 g/mol. The number of pyridine rings is 1. The predicted octanol–water partition coefficient (Wildman–Crippen LogP) is 0.605. The number of nitrogens with one attached hydrogen (secondary N) is 1. The first-order chi connectivity index (χ1) is 9.47. The van der Waals surface area contributed by atoms with Gasteiger partial charge < -0.3 is 22.5 Å². The van der Waals surface area contributed by atoms with Gasteiger partial charge in [-0.15, -0.1) is 0 Å². The van der Waals surface area contributed by atoms with Crippen molar-refractivity contribution in [2.75, 3.05) is 11.1 Å². The fourth-order valence-corrected chi connectivity index (χ4v) is 1.56. The standard InChI is InChI=1S/C13H13N5O2/c14-9-5-6-10(12(16)20)18-13(9)17-8-3-1-7(2-4-8)11(15)19/h1-6H,14H2,(H2,15,19)(H2,16,20)(H,17,18). The molecule has 0 aliphatic rings. The van der Waals surface area contributed by atoms with E-state index in [4.69, 9.17) is 17.2 Å². The molecule has 2 rings (SSSR count). The summed E-state index contributed by atoms with van der Waals surface area (Å²) in [5.74, 6) is -0.838. The molecule has 0 unspecified atom stereocenters. The van der Waals surface area contributed by atoms with E-state index < -0.39 is 11.8 Å². The molecule has 0 atom stereocenters. The minimum atomic E-state index is -0.642. The van der Waals surface area contributed by atoms with Crippen LogP contribution in [-0.4, -0.2) is 16.8 Å². The van der Waals surface area contributed by atoms with E-state index in [2.05, 4.69) is 10.3 Å². The number of anilines is 3. The number of benzene rings is 1. The van der Waals surface area contributed by atoms with E-state index in [0.29, 0.717) is 22.8 Å². The number of hydrogen-bond acceptors (Lipinski definition) is 5. The summed E-state index contributed by atoms with van der Waals surface area (Å²) < 4.78 is 0. The van der Waals surface area contributed by atoms with Gasteiger partial charge in [0.25, 0.3) is 5.91 Å². The van der Waals surface area contributed by atoms with Crippen molar-refractivity contribution in [3.63, 3.8) is 0 Å². The first-order valence-corrected chi connectivity index (χ1v) is 5.70. The van der Waals surface area contributed by atoms with Crippen molar-refractivity contribution in [1.82, 2.24) is 4.98 Å². The Morgan fingerprint density at radius 1 is 0.950 bits per heavy atom. The van der Waals surface area contributed by atoms with Crippen LogP contribution >= 0.6 is 0 Å². The van der Waals surface area contributed by atoms with Gasteiger partial charge >= 0.3 is 0 Å². The van der Waals surface area contributed by atoms with E-state index >= 15 is 0 Å². The molecule has 7 heteroatoms. The Labute approximate surface area is 114 Å². The fourth-order valence-electron chi connectivity index (χ4n) is 1.56. The third kappa shape index (κ3) is 2.83. The van der Waals surface area contributed by atoms with Crippen molar-refractivity contribution >= 4 is 29.0 Å². The van der Waals surface area contributed by atoms with Gasteiger partial charge in [0.2, 0.25) is 5.91 Å². The number of rotatable bonds is 4. The van der Waals surface area contributed by atoms with Gasteiger partial charge in [-0.3, -0.25) is 9.59 Å². The fraction of sp³-hybridized carbons (Fsp3) is 0. The average molecular weight is 271 g/mol. The molecule has 0 saturated heterocycles. The number of hydrogen-bond donors (Lipinski definition) is 4. The van der Waals surface area contributed by atoms with Gasteiger partial charge in [0.15, 0.2) is 5.82 Å². The number of primary amides is 2. The maximum absolute atomic E-state index is 11.1. The summed E-state index contributed by atoms with van der Waals surface area (Å²) in [6.07, 6.45) is 0. The van der Waals surface area contributed by atoms with Crippen LogP contribution in [0, 0.1) is 0 Å². The number of nitrogens with zero attached hydrogens (tertiary/aromatic N) is 1. The lowest BCUT2D eigenvalue weighted by atomic mass is 10.2. The molecule has 7 nitrogen and oxygen atoms in total. The normalized spacial score (nSPS) is 10.0. The van der Waals surface area contributed by atoms with E-state index in [9.17, 15) is 9.59 Å². The maximum Gasteiger partial charge on any atom is 0.267 e. The van der Waals surface area contributed by atoms with Gasteiger partial charge in [0.05, 0.1) is 5.69 Å².